The Kier molecular flexibility index (Phi) is 7.82. The van der Waals surface area contributed by atoms with Gasteiger partial charge in [0.1, 0.15) is 17.4 Å². The Bertz CT molecular complexity index is 987. The highest BCUT2D eigenvalue weighted by Crippen LogP contribution is 2.30. The second-order valence-electron chi connectivity index (χ2n) is 5.94. The third-order valence-corrected chi connectivity index (χ3v) is 5.27. The third kappa shape index (κ3) is 5.93. The van der Waals surface area contributed by atoms with Gasteiger partial charge in [0, 0.05) is 5.69 Å². The summed E-state index contributed by atoms with van der Waals surface area (Å²) in [5.41, 5.74) is 3.25. The van der Waals surface area contributed by atoms with Crippen LogP contribution < -0.4 is 10.1 Å². The van der Waals surface area contributed by atoms with Crippen LogP contribution in [0.4, 0.5) is 5.69 Å². The van der Waals surface area contributed by atoms with Crippen molar-refractivity contribution in [3.05, 3.63) is 59.7 Å². The summed E-state index contributed by atoms with van der Waals surface area (Å²) >= 11 is 4.05. The van der Waals surface area contributed by atoms with Gasteiger partial charge < -0.3 is 15.2 Å². The minimum atomic E-state index is -1.06. The summed E-state index contributed by atoms with van der Waals surface area (Å²) in [4.78, 5) is 23.2. The van der Waals surface area contributed by atoms with Crippen LogP contribution in [-0.2, 0) is 9.59 Å². The first-order chi connectivity index (χ1) is 13.2. The van der Waals surface area contributed by atoms with Crippen LogP contribution in [0.2, 0.25) is 0 Å². The van der Waals surface area contributed by atoms with Gasteiger partial charge in [-0.3, -0.25) is 4.79 Å². The van der Waals surface area contributed by atoms with Gasteiger partial charge in [0.25, 0.3) is 5.91 Å². The van der Waals surface area contributed by atoms with E-state index in [9.17, 15) is 14.9 Å². The van der Waals surface area contributed by atoms with Crippen molar-refractivity contribution in [1.29, 1.82) is 5.26 Å². The molecule has 2 aromatic carbocycles. The van der Waals surface area contributed by atoms with Crippen LogP contribution in [0.25, 0.3) is 6.08 Å². The molecular formula is C20H16I2N2O4. The van der Waals surface area contributed by atoms with E-state index >= 15 is 0 Å². The van der Waals surface area contributed by atoms with Crippen molar-refractivity contribution >= 4 is 68.8 Å². The van der Waals surface area contributed by atoms with E-state index in [4.69, 9.17) is 9.84 Å². The van der Waals surface area contributed by atoms with Crippen molar-refractivity contribution in [3.8, 4) is 11.8 Å². The number of carbonyl (C=O) groups excluding carboxylic acids is 1. The maximum absolute atomic E-state index is 12.5. The lowest BCUT2D eigenvalue weighted by Gasteiger charge is -2.10. The van der Waals surface area contributed by atoms with Crippen LogP contribution >= 0.6 is 45.2 Å². The number of nitriles is 1. The summed E-state index contributed by atoms with van der Waals surface area (Å²) in [6.45, 7) is 3.41. The SMILES string of the molecule is Cc1ccc(NC(=O)/C(C#N)=C\c2cc(I)c(OCC(=O)O)c(I)c2)c(C)c1. The molecule has 28 heavy (non-hydrogen) atoms. The number of aliphatic carboxylic acids is 1. The molecule has 0 atom stereocenters. The highest BCUT2D eigenvalue weighted by atomic mass is 127. The Hall–Kier alpha value is -2.13. The molecular weight excluding hydrogens is 586 g/mol. The number of carbonyl (C=O) groups is 2. The van der Waals surface area contributed by atoms with Crippen LogP contribution in [0.1, 0.15) is 16.7 Å². The molecule has 0 aliphatic carbocycles. The molecule has 0 heterocycles. The molecule has 0 saturated carbocycles. The number of anilines is 1. The van der Waals surface area contributed by atoms with E-state index in [0.717, 1.165) is 11.1 Å². The maximum atomic E-state index is 12.5. The molecule has 0 aliphatic rings. The van der Waals surface area contributed by atoms with E-state index in [-0.39, 0.29) is 5.57 Å². The number of hydrogen-bond acceptors (Lipinski definition) is 4. The number of carboxylic acids is 1. The highest BCUT2D eigenvalue weighted by molar-refractivity contribution is 14.1. The summed E-state index contributed by atoms with van der Waals surface area (Å²) < 4.78 is 6.65. The van der Waals surface area contributed by atoms with E-state index in [2.05, 4.69) is 5.32 Å². The Morgan fingerprint density at radius 1 is 1.21 bits per heavy atom. The third-order valence-electron chi connectivity index (χ3n) is 3.67. The zero-order chi connectivity index (χ0) is 20.8. The topological polar surface area (TPSA) is 99.4 Å². The molecule has 144 valence electrons. The van der Waals surface area contributed by atoms with Crippen LogP contribution in [0.3, 0.4) is 0 Å². The molecule has 0 fully saturated rings. The molecule has 2 rings (SSSR count). The van der Waals surface area contributed by atoms with Crippen LogP contribution in [0.5, 0.6) is 5.75 Å². The van der Waals surface area contributed by atoms with Gasteiger partial charge in [-0.25, -0.2) is 4.79 Å². The number of rotatable bonds is 6. The smallest absolute Gasteiger partial charge is 0.341 e. The highest BCUT2D eigenvalue weighted by Gasteiger charge is 2.14. The van der Waals surface area contributed by atoms with Crippen LogP contribution in [-0.4, -0.2) is 23.6 Å². The standard InChI is InChI=1S/C20H16I2N2O4/c1-11-3-4-17(12(2)5-11)24-20(27)14(9-23)6-13-7-15(21)19(16(22)8-13)28-10-18(25)26/h3-8H,10H2,1-2H3,(H,24,27)(H,25,26)/b14-6-. The van der Waals surface area contributed by atoms with Crippen molar-refractivity contribution in [2.24, 2.45) is 0 Å². The van der Waals surface area contributed by atoms with Crippen LogP contribution in [0, 0.1) is 32.3 Å². The Morgan fingerprint density at radius 3 is 2.39 bits per heavy atom. The Morgan fingerprint density at radius 2 is 1.86 bits per heavy atom. The summed E-state index contributed by atoms with van der Waals surface area (Å²) in [6.07, 6.45) is 1.49. The first kappa shape index (κ1) is 22.2. The number of ether oxygens (including phenoxy) is 1. The molecule has 0 aromatic heterocycles. The molecule has 0 spiro atoms. The van der Waals surface area contributed by atoms with E-state index < -0.39 is 18.5 Å². The van der Waals surface area contributed by atoms with Crippen LogP contribution in [0.15, 0.2) is 35.9 Å². The van der Waals surface area contributed by atoms with Crippen molar-refractivity contribution in [3.63, 3.8) is 0 Å². The lowest BCUT2D eigenvalue weighted by atomic mass is 10.1. The predicted octanol–water partition coefficient (Wildman–Crippen LogP) is 4.52. The fourth-order valence-corrected chi connectivity index (χ4v) is 4.52. The molecule has 0 radical (unpaired) electrons. The van der Waals surface area contributed by atoms with E-state index in [1.165, 1.54) is 6.08 Å². The number of benzene rings is 2. The lowest BCUT2D eigenvalue weighted by Crippen LogP contribution is -2.14. The van der Waals surface area contributed by atoms with Gasteiger partial charge in [-0.05, 0) is 94.4 Å². The first-order valence-corrected chi connectivity index (χ1v) is 10.2. The average Bonchev–Trinajstić information content (AvgIpc) is 2.61. The molecule has 2 aromatic rings. The first-order valence-electron chi connectivity index (χ1n) is 8.05. The zero-order valence-electron chi connectivity index (χ0n) is 15.0. The molecule has 1 amide bonds. The van der Waals surface area contributed by atoms with E-state index in [0.29, 0.717) is 24.1 Å². The molecule has 0 unspecified atom stereocenters. The predicted molar refractivity (Wildman–Crippen MR) is 123 cm³/mol. The number of aryl methyl sites for hydroxylation is 2. The molecule has 0 bridgehead atoms. The second-order valence-corrected chi connectivity index (χ2v) is 8.26. The van der Waals surface area contributed by atoms with Gasteiger partial charge >= 0.3 is 5.97 Å². The van der Waals surface area contributed by atoms with Gasteiger partial charge in [-0.2, -0.15) is 5.26 Å². The quantitative estimate of drug-likeness (QED) is 0.288. The molecule has 6 nitrogen and oxygen atoms in total. The largest absolute Gasteiger partial charge is 0.480 e. The van der Waals surface area contributed by atoms with E-state index in [1.807, 2.05) is 77.2 Å². The fourth-order valence-electron chi connectivity index (χ4n) is 2.39. The molecule has 0 aliphatic heterocycles. The maximum Gasteiger partial charge on any atom is 0.341 e. The number of amides is 1. The average molecular weight is 602 g/mol. The fraction of sp³-hybridized carbons (Fsp3) is 0.150. The number of hydrogen-bond donors (Lipinski definition) is 2. The summed E-state index contributed by atoms with van der Waals surface area (Å²) in [5.74, 6) is -1.10. The molecule has 8 heteroatoms. The normalized spacial score (nSPS) is 10.9. The molecule has 2 N–H and O–H groups in total. The lowest BCUT2D eigenvalue weighted by molar-refractivity contribution is -0.139. The number of nitrogens with zero attached hydrogens (tertiary/aromatic N) is 1. The van der Waals surface area contributed by atoms with Gasteiger partial charge in [0.15, 0.2) is 6.61 Å². The van der Waals surface area contributed by atoms with E-state index in [1.54, 1.807) is 18.2 Å². The van der Waals surface area contributed by atoms with Gasteiger partial charge in [0.2, 0.25) is 0 Å². The minimum absolute atomic E-state index is 0.0363. The Balaban J connectivity index is 2.27. The summed E-state index contributed by atoms with van der Waals surface area (Å²) in [7, 11) is 0. The monoisotopic (exact) mass is 602 g/mol. The zero-order valence-corrected chi connectivity index (χ0v) is 19.4. The van der Waals surface area contributed by atoms with Crippen molar-refractivity contribution in [2.75, 3.05) is 11.9 Å². The minimum Gasteiger partial charge on any atom is -0.480 e. The summed E-state index contributed by atoms with van der Waals surface area (Å²) in [6, 6.07) is 11.0. The molecule has 0 saturated heterocycles. The van der Waals surface area contributed by atoms with Gasteiger partial charge in [0.05, 0.1) is 7.14 Å². The number of carboxylic acid groups (broad SMARTS) is 1. The Labute approximate surface area is 189 Å². The van der Waals surface area contributed by atoms with Crippen molar-refractivity contribution in [1.82, 2.24) is 0 Å². The number of halogens is 2. The summed E-state index contributed by atoms with van der Waals surface area (Å²) in [5, 5.41) is 20.9. The van der Waals surface area contributed by atoms with Gasteiger partial charge in [-0.1, -0.05) is 17.7 Å². The van der Waals surface area contributed by atoms with Gasteiger partial charge in [-0.15, -0.1) is 0 Å². The number of nitrogens with one attached hydrogen (secondary N) is 1. The van der Waals surface area contributed by atoms with Crippen molar-refractivity contribution in [2.45, 2.75) is 13.8 Å². The van der Waals surface area contributed by atoms with Crippen molar-refractivity contribution < 1.29 is 19.4 Å². The second kappa shape index (κ2) is 9.88.